The van der Waals surface area contributed by atoms with Gasteiger partial charge in [-0.1, -0.05) is 19.1 Å². The zero-order valence-corrected chi connectivity index (χ0v) is 8.90. The maximum atomic E-state index is 11.5. The number of cyclic esters (lactones) is 1. The summed E-state index contributed by atoms with van der Waals surface area (Å²) in [5, 5.41) is 0. The lowest BCUT2D eigenvalue weighted by molar-refractivity contribution is -0.139. The second-order valence-corrected chi connectivity index (χ2v) is 3.86. The monoisotopic (exact) mass is 206 g/mol. The van der Waals surface area contributed by atoms with Crippen LogP contribution in [0.5, 0.6) is 5.75 Å². The summed E-state index contributed by atoms with van der Waals surface area (Å²) in [6.07, 6.45) is 0. The van der Waals surface area contributed by atoms with Gasteiger partial charge in [0.2, 0.25) is 0 Å². The summed E-state index contributed by atoms with van der Waals surface area (Å²) >= 11 is 0. The zero-order chi connectivity index (χ0) is 10.8. The molecule has 1 saturated heterocycles. The van der Waals surface area contributed by atoms with Crippen LogP contribution < -0.4 is 4.74 Å². The van der Waals surface area contributed by atoms with E-state index in [0.29, 0.717) is 6.61 Å². The molecule has 0 bridgehead atoms. The van der Waals surface area contributed by atoms with Crippen LogP contribution in [0, 0.1) is 5.92 Å². The number of carbonyl (C=O) groups is 1. The third-order valence-corrected chi connectivity index (χ3v) is 2.79. The van der Waals surface area contributed by atoms with E-state index < -0.39 is 0 Å². The Balaban J connectivity index is 2.25. The number of esters is 1. The van der Waals surface area contributed by atoms with Crippen molar-refractivity contribution < 1.29 is 14.3 Å². The number of hydrogen-bond acceptors (Lipinski definition) is 3. The molecule has 15 heavy (non-hydrogen) atoms. The quantitative estimate of drug-likeness (QED) is 0.694. The van der Waals surface area contributed by atoms with Gasteiger partial charge in [0.05, 0.1) is 19.6 Å². The van der Waals surface area contributed by atoms with Crippen LogP contribution in [0.4, 0.5) is 0 Å². The second-order valence-electron chi connectivity index (χ2n) is 3.86. The SMILES string of the molecule is COc1ccc([C@@H]2C(=O)OC[C@H]2C)cc1. The van der Waals surface area contributed by atoms with E-state index in [1.54, 1.807) is 7.11 Å². The molecule has 3 heteroatoms. The topological polar surface area (TPSA) is 35.5 Å². The molecule has 2 atom stereocenters. The molecule has 0 radical (unpaired) electrons. The molecule has 0 saturated carbocycles. The minimum atomic E-state index is -0.118. The van der Waals surface area contributed by atoms with E-state index in [-0.39, 0.29) is 17.8 Å². The Bertz CT molecular complexity index is 356. The number of methoxy groups -OCH3 is 1. The Kier molecular flexibility index (Phi) is 2.62. The number of benzene rings is 1. The first-order chi connectivity index (χ1) is 7.22. The van der Waals surface area contributed by atoms with Crippen LogP contribution >= 0.6 is 0 Å². The molecule has 2 rings (SSSR count). The van der Waals surface area contributed by atoms with Crippen molar-refractivity contribution in [3.8, 4) is 5.75 Å². The molecular weight excluding hydrogens is 192 g/mol. The average Bonchev–Trinajstić information content (AvgIpc) is 2.59. The predicted molar refractivity (Wildman–Crippen MR) is 55.9 cm³/mol. The van der Waals surface area contributed by atoms with Crippen molar-refractivity contribution in [2.75, 3.05) is 13.7 Å². The average molecular weight is 206 g/mol. The highest BCUT2D eigenvalue weighted by atomic mass is 16.5. The molecule has 0 aromatic heterocycles. The van der Waals surface area contributed by atoms with Gasteiger partial charge >= 0.3 is 5.97 Å². The van der Waals surface area contributed by atoms with Gasteiger partial charge in [0.15, 0.2) is 0 Å². The van der Waals surface area contributed by atoms with Crippen molar-refractivity contribution in [3.63, 3.8) is 0 Å². The minimum absolute atomic E-state index is 0.115. The molecule has 0 amide bonds. The molecule has 0 N–H and O–H groups in total. The van der Waals surface area contributed by atoms with Crippen LogP contribution in [-0.4, -0.2) is 19.7 Å². The predicted octanol–water partition coefficient (Wildman–Crippen LogP) is 1.97. The third-order valence-electron chi connectivity index (χ3n) is 2.79. The Labute approximate surface area is 89.0 Å². The molecule has 1 heterocycles. The van der Waals surface area contributed by atoms with Crippen molar-refractivity contribution >= 4 is 5.97 Å². The molecule has 1 aromatic rings. The first-order valence-corrected chi connectivity index (χ1v) is 5.03. The van der Waals surface area contributed by atoms with Crippen molar-refractivity contribution in [1.29, 1.82) is 0 Å². The molecule has 3 nitrogen and oxygen atoms in total. The van der Waals surface area contributed by atoms with Crippen molar-refractivity contribution in [2.45, 2.75) is 12.8 Å². The standard InChI is InChI=1S/C12H14O3/c1-8-7-15-12(13)11(8)9-3-5-10(14-2)6-4-9/h3-6,8,11H,7H2,1-2H3/t8-,11-/m1/s1. The zero-order valence-electron chi connectivity index (χ0n) is 8.90. The number of hydrogen-bond donors (Lipinski definition) is 0. The molecule has 1 aliphatic heterocycles. The van der Waals surface area contributed by atoms with E-state index in [1.807, 2.05) is 31.2 Å². The van der Waals surface area contributed by atoms with Gasteiger partial charge in [-0.15, -0.1) is 0 Å². The maximum absolute atomic E-state index is 11.5. The first kappa shape index (κ1) is 10.0. The van der Waals surface area contributed by atoms with Gasteiger partial charge < -0.3 is 9.47 Å². The summed E-state index contributed by atoms with van der Waals surface area (Å²) in [6, 6.07) is 7.58. The fourth-order valence-corrected chi connectivity index (χ4v) is 1.91. The van der Waals surface area contributed by atoms with E-state index in [0.717, 1.165) is 11.3 Å². The fraction of sp³-hybridized carbons (Fsp3) is 0.417. The van der Waals surface area contributed by atoms with Crippen LogP contribution in [0.2, 0.25) is 0 Å². The van der Waals surface area contributed by atoms with Gasteiger partial charge in [-0.25, -0.2) is 0 Å². The van der Waals surface area contributed by atoms with Gasteiger partial charge in [-0.3, -0.25) is 4.79 Å². The van der Waals surface area contributed by atoms with Crippen LogP contribution in [0.25, 0.3) is 0 Å². The van der Waals surface area contributed by atoms with E-state index in [1.165, 1.54) is 0 Å². The Morgan fingerprint density at radius 3 is 2.47 bits per heavy atom. The molecule has 0 aliphatic carbocycles. The van der Waals surface area contributed by atoms with Gasteiger partial charge in [-0.05, 0) is 17.7 Å². The largest absolute Gasteiger partial charge is 0.497 e. The number of rotatable bonds is 2. The lowest BCUT2D eigenvalue weighted by Crippen LogP contribution is -2.10. The first-order valence-electron chi connectivity index (χ1n) is 5.03. The lowest BCUT2D eigenvalue weighted by atomic mass is 9.90. The van der Waals surface area contributed by atoms with Crippen LogP contribution in [0.3, 0.4) is 0 Å². The molecule has 80 valence electrons. The Morgan fingerprint density at radius 2 is 2.00 bits per heavy atom. The summed E-state index contributed by atoms with van der Waals surface area (Å²) < 4.78 is 10.1. The van der Waals surface area contributed by atoms with Gasteiger partial charge in [-0.2, -0.15) is 0 Å². The van der Waals surface area contributed by atoms with Crippen molar-refractivity contribution in [3.05, 3.63) is 29.8 Å². The maximum Gasteiger partial charge on any atom is 0.313 e. The normalized spacial score (nSPS) is 25.1. The summed E-state index contributed by atoms with van der Waals surface area (Å²) in [6.45, 7) is 2.55. The fourth-order valence-electron chi connectivity index (χ4n) is 1.91. The van der Waals surface area contributed by atoms with E-state index in [4.69, 9.17) is 9.47 Å². The molecule has 1 fully saturated rings. The van der Waals surface area contributed by atoms with Crippen molar-refractivity contribution in [2.24, 2.45) is 5.92 Å². The highest BCUT2D eigenvalue weighted by Gasteiger charge is 2.34. The molecule has 0 spiro atoms. The smallest absolute Gasteiger partial charge is 0.313 e. The lowest BCUT2D eigenvalue weighted by Gasteiger charge is -2.11. The third kappa shape index (κ3) is 1.82. The summed E-state index contributed by atoms with van der Waals surface area (Å²) in [5.41, 5.74) is 1.01. The van der Waals surface area contributed by atoms with Gasteiger partial charge in [0.25, 0.3) is 0 Å². The van der Waals surface area contributed by atoms with E-state index in [9.17, 15) is 4.79 Å². The van der Waals surface area contributed by atoms with Crippen LogP contribution in [0.1, 0.15) is 18.4 Å². The van der Waals surface area contributed by atoms with Gasteiger partial charge in [0.1, 0.15) is 5.75 Å². The highest BCUT2D eigenvalue weighted by molar-refractivity contribution is 5.80. The van der Waals surface area contributed by atoms with E-state index in [2.05, 4.69) is 0 Å². The molecule has 1 aliphatic rings. The van der Waals surface area contributed by atoms with E-state index >= 15 is 0 Å². The summed E-state index contributed by atoms with van der Waals surface area (Å²) in [5.74, 6) is 0.826. The van der Waals surface area contributed by atoms with Crippen LogP contribution in [0.15, 0.2) is 24.3 Å². The van der Waals surface area contributed by atoms with Crippen molar-refractivity contribution in [1.82, 2.24) is 0 Å². The molecule has 0 unspecified atom stereocenters. The number of carbonyl (C=O) groups excluding carboxylic acids is 1. The highest BCUT2D eigenvalue weighted by Crippen LogP contribution is 2.32. The Morgan fingerprint density at radius 1 is 1.33 bits per heavy atom. The summed E-state index contributed by atoms with van der Waals surface area (Å²) in [4.78, 5) is 11.5. The molecular formula is C12H14O3. The van der Waals surface area contributed by atoms with Crippen LogP contribution in [-0.2, 0) is 9.53 Å². The number of ether oxygens (including phenoxy) is 2. The Hall–Kier alpha value is -1.51. The minimum Gasteiger partial charge on any atom is -0.497 e. The second kappa shape index (κ2) is 3.93. The summed E-state index contributed by atoms with van der Waals surface area (Å²) in [7, 11) is 1.63. The van der Waals surface area contributed by atoms with Gasteiger partial charge in [0, 0.05) is 5.92 Å². The molecule has 1 aromatic carbocycles.